The van der Waals surface area contributed by atoms with Crippen LogP contribution in [-0.2, 0) is 6.61 Å². The Morgan fingerprint density at radius 1 is 1.06 bits per heavy atom. The van der Waals surface area contributed by atoms with Gasteiger partial charge < -0.3 is 5.11 Å². The minimum Gasteiger partial charge on any atom is -0.392 e. The summed E-state index contributed by atoms with van der Waals surface area (Å²) < 4.78 is 0. The summed E-state index contributed by atoms with van der Waals surface area (Å²) in [5, 5.41) is 10.5. The average molecular weight is 289 g/mol. The van der Waals surface area contributed by atoms with Gasteiger partial charge in [0.05, 0.1) is 6.61 Å². The molecule has 0 fully saturated rings. The number of hydrogen-bond acceptors (Lipinski definition) is 2. The van der Waals surface area contributed by atoms with Gasteiger partial charge in [-0.2, -0.15) is 0 Å². The first-order valence-corrected chi connectivity index (χ1v) is 5.96. The zero-order valence-corrected chi connectivity index (χ0v) is 10.9. The monoisotopic (exact) mass is 287 g/mol. The van der Waals surface area contributed by atoms with Crippen LogP contribution in [0.15, 0.2) is 30.5 Å². The van der Waals surface area contributed by atoms with E-state index in [1.807, 2.05) is 0 Å². The normalized spacial score (nSPS) is 10.6. The molecule has 1 N–H and O–H groups in total. The number of pyridine rings is 1. The second-order valence-electron chi connectivity index (χ2n) is 3.46. The number of hydrogen-bond donors (Lipinski definition) is 1. The van der Waals surface area contributed by atoms with Crippen molar-refractivity contribution in [1.82, 2.24) is 4.98 Å². The lowest BCUT2D eigenvalue weighted by atomic mass is 10.1. The summed E-state index contributed by atoms with van der Waals surface area (Å²) in [6, 6.07) is 6.89. The molecule has 17 heavy (non-hydrogen) atoms. The average Bonchev–Trinajstić information content (AvgIpc) is 2.30. The molecule has 0 atom stereocenters. The fourth-order valence-corrected chi connectivity index (χ4v) is 2.19. The molecule has 5 heteroatoms. The molecule has 0 aliphatic rings. The van der Waals surface area contributed by atoms with Gasteiger partial charge in [0, 0.05) is 27.4 Å². The molecular formula is C12H8Cl3NO. The van der Waals surface area contributed by atoms with Crippen molar-refractivity contribution in [2.45, 2.75) is 6.61 Å². The summed E-state index contributed by atoms with van der Waals surface area (Å²) in [5.41, 5.74) is 2.10. The van der Waals surface area contributed by atoms with Crippen molar-refractivity contribution >= 4 is 34.8 Å². The van der Waals surface area contributed by atoms with Gasteiger partial charge in [-0.05, 0) is 23.8 Å². The Hall–Kier alpha value is -0.800. The number of aromatic nitrogens is 1. The van der Waals surface area contributed by atoms with Crippen molar-refractivity contribution in [3.63, 3.8) is 0 Å². The molecule has 2 rings (SSSR count). The second kappa shape index (κ2) is 5.23. The summed E-state index contributed by atoms with van der Waals surface area (Å²) in [5.74, 6) is 0. The lowest BCUT2D eigenvalue weighted by Crippen LogP contribution is -1.90. The lowest BCUT2D eigenvalue weighted by molar-refractivity contribution is 0.281. The molecule has 0 saturated carbocycles. The van der Waals surface area contributed by atoms with Crippen LogP contribution in [0, 0.1) is 0 Å². The largest absolute Gasteiger partial charge is 0.392 e. The van der Waals surface area contributed by atoms with Crippen molar-refractivity contribution in [1.29, 1.82) is 0 Å². The van der Waals surface area contributed by atoms with Crippen molar-refractivity contribution in [3.8, 4) is 11.1 Å². The van der Waals surface area contributed by atoms with Crippen LogP contribution in [0.25, 0.3) is 11.1 Å². The first kappa shape index (κ1) is 12.7. The van der Waals surface area contributed by atoms with Crippen molar-refractivity contribution < 1.29 is 5.11 Å². The summed E-state index contributed by atoms with van der Waals surface area (Å²) >= 11 is 17.9. The van der Waals surface area contributed by atoms with E-state index in [1.54, 1.807) is 24.3 Å². The Bertz CT molecular complexity index is 557. The zero-order chi connectivity index (χ0) is 12.4. The van der Waals surface area contributed by atoms with Gasteiger partial charge in [0.2, 0.25) is 0 Å². The molecule has 0 unspecified atom stereocenters. The van der Waals surface area contributed by atoms with E-state index in [1.165, 1.54) is 6.20 Å². The maximum atomic E-state index is 9.08. The zero-order valence-electron chi connectivity index (χ0n) is 8.62. The molecule has 88 valence electrons. The van der Waals surface area contributed by atoms with Crippen molar-refractivity contribution in [2.75, 3.05) is 0 Å². The minimum atomic E-state index is -0.0949. The number of benzene rings is 1. The van der Waals surface area contributed by atoms with Gasteiger partial charge in [0.25, 0.3) is 0 Å². The Kier molecular flexibility index (Phi) is 3.89. The highest BCUT2D eigenvalue weighted by Gasteiger charge is 2.10. The summed E-state index contributed by atoms with van der Waals surface area (Å²) in [6.07, 6.45) is 1.52. The third-order valence-electron chi connectivity index (χ3n) is 2.30. The molecule has 1 aromatic heterocycles. The highest BCUT2D eigenvalue weighted by Crippen LogP contribution is 2.34. The number of nitrogens with zero attached hydrogens (tertiary/aromatic N) is 1. The number of aliphatic hydroxyl groups is 1. The van der Waals surface area contributed by atoms with E-state index < -0.39 is 0 Å². The minimum absolute atomic E-state index is 0.0949. The molecule has 0 radical (unpaired) electrons. The van der Waals surface area contributed by atoms with Crippen LogP contribution in [0.4, 0.5) is 0 Å². The van der Waals surface area contributed by atoms with Gasteiger partial charge >= 0.3 is 0 Å². The van der Waals surface area contributed by atoms with Crippen LogP contribution in [-0.4, -0.2) is 10.1 Å². The third-order valence-corrected chi connectivity index (χ3v) is 3.15. The smallest absolute Gasteiger partial charge is 0.136 e. The molecule has 1 aromatic carbocycles. The molecule has 2 aromatic rings. The molecule has 1 heterocycles. The summed E-state index contributed by atoms with van der Waals surface area (Å²) in [4.78, 5) is 4.00. The molecule has 0 saturated heterocycles. The van der Waals surface area contributed by atoms with Crippen LogP contribution in [0.1, 0.15) is 5.56 Å². The predicted molar refractivity (Wildman–Crippen MR) is 70.6 cm³/mol. The molecule has 0 spiro atoms. The molecule has 0 aliphatic carbocycles. The predicted octanol–water partition coefficient (Wildman–Crippen LogP) is 4.20. The van der Waals surface area contributed by atoms with Gasteiger partial charge in [-0.15, -0.1) is 0 Å². The summed E-state index contributed by atoms with van der Waals surface area (Å²) in [6.45, 7) is -0.0949. The van der Waals surface area contributed by atoms with E-state index in [4.69, 9.17) is 39.9 Å². The first-order chi connectivity index (χ1) is 8.11. The van der Waals surface area contributed by atoms with Crippen LogP contribution in [0.5, 0.6) is 0 Å². The highest BCUT2D eigenvalue weighted by molar-refractivity contribution is 6.37. The topological polar surface area (TPSA) is 33.1 Å². The SMILES string of the molecule is OCc1cnc(Cl)c(-c2ccc(Cl)cc2Cl)c1. The van der Waals surface area contributed by atoms with Crippen LogP contribution in [0.3, 0.4) is 0 Å². The van der Waals surface area contributed by atoms with Crippen LogP contribution in [0.2, 0.25) is 15.2 Å². The van der Waals surface area contributed by atoms with Crippen LogP contribution >= 0.6 is 34.8 Å². The van der Waals surface area contributed by atoms with Gasteiger partial charge in [-0.3, -0.25) is 0 Å². The number of halogens is 3. The maximum absolute atomic E-state index is 9.08. The number of rotatable bonds is 2. The standard InChI is InChI=1S/C12H8Cl3NO/c13-8-1-2-9(11(14)4-8)10-3-7(6-17)5-16-12(10)15/h1-5,17H,6H2. The Balaban J connectivity index is 2.59. The maximum Gasteiger partial charge on any atom is 0.136 e. The number of aliphatic hydroxyl groups excluding tert-OH is 1. The van der Waals surface area contributed by atoms with Crippen LogP contribution < -0.4 is 0 Å². The Labute approximate surface area is 114 Å². The Morgan fingerprint density at radius 3 is 2.47 bits per heavy atom. The fraction of sp³-hybridized carbons (Fsp3) is 0.0833. The van der Waals surface area contributed by atoms with Crippen molar-refractivity contribution in [3.05, 3.63) is 51.2 Å². The van der Waals surface area contributed by atoms with E-state index in [0.717, 1.165) is 5.56 Å². The van der Waals surface area contributed by atoms with Crippen molar-refractivity contribution in [2.24, 2.45) is 0 Å². The third kappa shape index (κ3) is 2.72. The van der Waals surface area contributed by atoms with E-state index >= 15 is 0 Å². The van der Waals surface area contributed by atoms with Gasteiger partial charge in [0.1, 0.15) is 5.15 Å². The molecule has 0 aliphatic heterocycles. The van der Waals surface area contributed by atoms with E-state index in [-0.39, 0.29) is 6.61 Å². The second-order valence-corrected chi connectivity index (χ2v) is 4.67. The molecule has 0 bridgehead atoms. The Morgan fingerprint density at radius 2 is 1.82 bits per heavy atom. The van der Waals surface area contributed by atoms with Gasteiger partial charge in [0.15, 0.2) is 0 Å². The van der Waals surface area contributed by atoms with Gasteiger partial charge in [-0.25, -0.2) is 4.98 Å². The molecule has 2 nitrogen and oxygen atoms in total. The van der Waals surface area contributed by atoms with E-state index in [0.29, 0.717) is 26.3 Å². The lowest BCUT2D eigenvalue weighted by Gasteiger charge is -2.08. The first-order valence-electron chi connectivity index (χ1n) is 4.82. The summed E-state index contributed by atoms with van der Waals surface area (Å²) in [7, 11) is 0. The molecule has 0 amide bonds. The highest BCUT2D eigenvalue weighted by atomic mass is 35.5. The fourth-order valence-electron chi connectivity index (χ4n) is 1.47. The van der Waals surface area contributed by atoms with E-state index in [9.17, 15) is 0 Å². The van der Waals surface area contributed by atoms with E-state index in [2.05, 4.69) is 4.98 Å². The quantitative estimate of drug-likeness (QED) is 0.840. The van der Waals surface area contributed by atoms with Gasteiger partial charge in [-0.1, -0.05) is 40.9 Å². The molecular weight excluding hydrogens is 280 g/mol.